The van der Waals surface area contributed by atoms with E-state index in [-0.39, 0.29) is 17.1 Å². The van der Waals surface area contributed by atoms with Crippen LogP contribution in [0.3, 0.4) is 0 Å². The molecular weight excluding hydrogens is 382 g/mol. The van der Waals surface area contributed by atoms with Gasteiger partial charge in [0.25, 0.3) is 0 Å². The highest BCUT2D eigenvalue weighted by atomic mass is 32.1. The van der Waals surface area contributed by atoms with Crippen LogP contribution < -0.4 is 5.32 Å². The number of benzene rings is 1. The third-order valence-electron chi connectivity index (χ3n) is 3.99. The minimum atomic E-state index is -4.75. The average molecular weight is 394 g/mol. The van der Waals surface area contributed by atoms with E-state index in [0.29, 0.717) is 6.07 Å². The van der Waals surface area contributed by atoms with Crippen molar-refractivity contribution in [3.05, 3.63) is 35.2 Å². The normalized spacial score (nSPS) is 22.9. The van der Waals surface area contributed by atoms with Crippen molar-refractivity contribution in [2.75, 3.05) is 5.32 Å². The van der Waals surface area contributed by atoms with Crippen molar-refractivity contribution >= 4 is 28.6 Å². The van der Waals surface area contributed by atoms with Crippen LogP contribution >= 0.6 is 12.2 Å². The summed E-state index contributed by atoms with van der Waals surface area (Å²) < 4.78 is 77.5. The molecule has 140 valence electrons. The number of hydrogen-bond donors (Lipinski definition) is 1. The quantitative estimate of drug-likeness (QED) is 0.392. The summed E-state index contributed by atoms with van der Waals surface area (Å²) in [6.07, 6.45) is -9.74. The smallest absolute Gasteiger partial charge is 0.348 e. The van der Waals surface area contributed by atoms with Gasteiger partial charge in [-0.1, -0.05) is 25.2 Å². The van der Waals surface area contributed by atoms with Crippen LogP contribution in [-0.4, -0.2) is 22.7 Å². The van der Waals surface area contributed by atoms with Gasteiger partial charge in [0.2, 0.25) is 0 Å². The molecule has 2 unspecified atom stereocenters. The van der Waals surface area contributed by atoms with Gasteiger partial charge in [-0.3, -0.25) is 0 Å². The van der Waals surface area contributed by atoms with Crippen LogP contribution in [0.25, 0.3) is 4.85 Å². The maximum atomic E-state index is 13.0. The van der Waals surface area contributed by atoms with Crippen LogP contribution in [0.2, 0.25) is 0 Å². The zero-order chi connectivity index (χ0) is 19.8. The number of thiocarbonyl (C=S) groups is 1. The molecule has 2 atom stereocenters. The number of azo groups is 1. The molecule has 1 aliphatic heterocycles. The van der Waals surface area contributed by atoms with Crippen molar-refractivity contribution in [2.45, 2.75) is 43.7 Å². The molecule has 1 N–H and O–H groups in total. The molecule has 4 nitrogen and oxygen atoms in total. The number of rotatable bonds is 3. The van der Waals surface area contributed by atoms with Crippen LogP contribution in [-0.2, 0) is 6.18 Å². The summed E-state index contributed by atoms with van der Waals surface area (Å²) in [5, 5.41) is 9.41. The van der Waals surface area contributed by atoms with Crippen molar-refractivity contribution < 1.29 is 26.3 Å². The fraction of sp³-hybridized carbons (Fsp3) is 0.467. The lowest BCUT2D eigenvalue weighted by molar-refractivity contribution is -0.147. The third kappa shape index (κ3) is 3.95. The lowest BCUT2D eigenvalue weighted by Crippen LogP contribution is -2.41. The standard InChI is InChI=1S/C15H12F6N4S/c1-3-13(7-11(24-25-13)15(19,20)21)12(26)23-8-4-5-10(22-2)9(6-8)14(16,17)18/h4-6,11H,3,7H2,1H3,(H,23,26). The zero-order valence-electron chi connectivity index (χ0n) is 13.2. The summed E-state index contributed by atoms with van der Waals surface area (Å²) in [6, 6.07) is 0.855. The third-order valence-corrected chi connectivity index (χ3v) is 4.47. The van der Waals surface area contributed by atoms with E-state index in [0.717, 1.165) is 6.07 Å². The summed E-state index contributed by atoms with van der Waals surface area (Å²) in [6.45, 7) is 8.36. The number of nitrogens with zero attached hydrogens (tertiary/aromatic N) is 3. The first kappa shape index (κ1) is 20.1. The van der Waals surface area contributed by atoms with E-state index in [1.165, 1.54) is 6.07 Å². The first-order valence-electron chi connectivity index (χ1n) is 7.32. The Hall–Kier alpha value is -2.22. The molecule has 0 bridgehead atoms. The molecule has 0 spiro atoms. The maximum absolute atomic E-state index is 13.0. The number of anilines is 1. The summed E-state index contributed by atoms with van der Waals surface area (Å²) in [5.74, 6) is 0. The topological polar surface area (TPSA) is 41.1 Å². The molecule has 1 aromatic carbocycles. The highest BCUT2D eigenvalue weighted by Crippen LogP contribution is 2.41. The summed E-state index contributed by atoms with van der Waals surface area (Å²) >= 11 is 5.11. The zero-order valence-corrected chi connectivity index (χ0v) is 14.1. The molecule has 0 saturated heterocycles. The van der Waals surface area contributed by atoms with E-state index < -0.39 is 41.6 Å². The van der Waals surface area contributed by atoms with Crippen LogP contribution in [0, 0.1) is 6.57 Å². The van der Waals surface area contributed by atoms with Crippen molar-refractivity contribution in [3.63, 3.8) is 0 Å². The first-order chi connectivity index (χ1) is 11.9. The van der Waals surface area contributed by atoms with E-state index in [1.54, 1.807) is 6.92 Å². The fourth-order valence-electron chi connectivity index (χ4n) is 2.46. The van der Waals surface area contributed by atoms with Gasteiger partial charge in [0, 0.05) is 12.1 Å². The van der Waals surface area contributed by atoms with Gasteiger partial charge in [-0.05, 0) is 18.6 Å². The molecule has 0 radical (unpaired) electrons. The van der Waals surface area contributed by atoms with Crippen molar-refractivity contribution in [2.24, 2.45) is 10.2 Å². The SMILES string of the molecule is [C-]#[N+]c1ccc(NC(=S)C2(CC)CC(C(F)(F)F)N=N2)cc1C(F)(F)F. The Morgan fingerprint density at radius 2 is 2.00 bits per heavy atom. The molecule has 1 aromatic rings. The van der Waals surface area contributed by atoms with Crippen LogP contribution in [0.15, 0.2) is 28.4 Å². The van der Waals surface area contributed by atoms with Gasteiger partial charge in [-0.25, -0.2) is 4.85 Å². The molecule has 26 heavy (non-hydrogen) atoms. The van der Waals surface area contributed by atoms with Crippen molar-refractivity contribution in [1.82, 2.24) is 0 Å². The van der Waals surface area contributed by atoms with E-state index >= 15 is 0 Å². The van der Waals surface area contributed by atoms with Gasteiger partial charge in [0.15, 0.2) is 11.7 Å². The van der Waals surface area contributed by atoms with Gasteiger partial charge in [-0.2, -0.15) is 36.6 Å². The van der Waals surface area contributed by atoms with Crippen LogP contribution in [0.5, 0.6) is 0 Å². The Kier molecular flexibility index (Phi) is 5.28. The van der Waals surface area contributed by atoms with E-state index in [4.69, 9.17) is 18.8 Å². The number of alkyl halides is 6. The molecule has 0 saturated carbocycles. The minimum absolute atomic E-state index is 0.0896. The van der Waals surface area contributed by atoms with Crippen molar-refractivity contribution in [3.8, 4) is 0 Å². The molecule has 2 rings (SSSR count). The van der Waals surface area contributed by atoms with Crippen molar-refractivity contribution in [1.29, 1.82) is 0 Å². The van der Waals surface area contributed by atoms with E-state index in [9.17, 15) is 26.3 Å². The Bertz CT molecular complexity index is 780. The predicted molar refractivity (Wildman–Crippen MR) is 86.3 cm³/mol. The van der Waals surface area contributed by atoms with Gasteiger partial charge < -0.3 is 5.32 Å². The highest BCUT2D eigenvalue weighted by Gasteiger charge is 2.51. The summed E-state index contributed by atoms with van der Waals surface area (Å²) in [7, 11) is 0. The van der Waals surface area contributed by atoms with E-state index in [2.05, 4.69) is 20.4 Å². The molecule has 0 fully saturated rings. The molecule has 1 aliphatic rings. The van der Waals surface area contributed by atoms with Gasteiger partial charge in [0.05, 0.1) is 12.1 Å². The van der Waals surface area contributed by atoms with Gasteiger partial charge >= 0.3 is 12.4 Å². The Labute approximate surface area is 150 Å². The summed E-state index contributed by atoms with van der Waals surface area (Å²) in [4.78, 5) is 2.66. The number of hydrogen-bond acceptors (Lipinski definition) is 3. The lowest BCUT2D eigenvalue weighted by Gasteiger charge is -2.26. The second kappa shape index (κ2) is 6.83. The maximum Gasteiger partial charge on any atom is 0.412 e. The molecule has 1 heterocycles. The minimum Gasteiger partial charge on any atom is -0.348 e. The monoisotopic (exact) mass is 394 g/mol. The lowest BCUT2D eigenvalue weighted by atomic mass is 9.90. The Morgan fingerprint density at radius 1 is 1.35 bits per heavy atom. The number of nitrogens with one attached hydrogen (secondary N) is 1. The largest absolute Gasteiger partial charge is 0.412 e. The van der Waals surface area contributed by atoms with Crippen LogP contribution in [0.1, 0.15) is 25.3 Å². The Balaban J connectivity index is 2.27. The molecule has 11 heteroatoms. The second-order valence-corrected chi connectivity index (χ2v) is 6.07. The van der Waals surface area contributed by atoms with E-state index in [1.807, 2.05) is 0 Å². The fourth-order valence-corrected chi connectivity index (χ4v) is 2.85. The average Bonchev–Trinajstić information content (AvgIpc) is 3.00. The highest BCUT2D eigenvalue weighted by molar-refractivity contribution is 7.80. The first-order valence-corrected chi connectivity index (χ1v) is 7.72. The molecule has 0 amide bonds. The van der Waals surface area contributed by atoms with Gasteiger partial charge in [-0.15, -0.1) is 0 Å². The molecular formula is C15H12F6N4S. The Morgan fingerprint density at radius 3 is 2.46 bits per heavy atom. The molecule has 0 aromatic heterocycles. The van der Waals surface area contributed by atoms with Crippen LogP contribution in [0.4, 0.5) is 37.7 Å². The second-order valence-electron chi connectivity index (χ2n) is 5.66. The van der Waals surface area contributed by atoms with Gasteiger partial charge in [0.1, 0.15) is 10.5 Å². The summed E-state index contributed by atoms with van der Waals surface area (Å²) in [5.41, 5.74) is -3.27. The predicted octanol–water partition coefficient (Wildman–Crippen LogP) is 5.93. The molecule has 0 aliphatic carbocycles. The number of halogens is 6.